The molecular formula is C20H20N2O3. The molecule has 0 N–H and O–H groups in total. The molecule has 2 heterocycles. The van der Waals surface area contributed by atoms with Gasteiger partial charge in [-0.05, 0) is 23.6 Å². The van der Waals surface area contributed by atoms with Crippen molar-refractivity contribution in [1.82, 2.24) is 4.90 Å². The number of ether oxygens (including phenoxy) is 1. The van der Waals surface area contributed by atoms with E-state index in [0.29, 0.717) is 13.1 Å². The number of para-hydroxylation sites is 1. The van der Waals surface area contributed by atoms with Crippen molar-refractivity contribution >= 4 is 17.5 Å². The number of amides is 2. The molecule has 5 heteroatoms. The van der Waals surface area contributed by atoms with Crippen molar-refractivity contribution in [3.63, 3.8) is 0 Å². The second-order valence-corrected chi connectivity index (χ2v) is 6.41. The van der Waals surface area contributed by atoms with Gasteiger partial charge in [0.1, 0.15) is 12.6 Å². The van der Waals surface area contributed by atoms with E-state index in [-0.39, 0.29) is 25.0 Å². The Morgan fingerprint density at radius 1 is 1.08 bits per heavy atom. The molecule has 1 atom stereocenters. The molecular weight excluding hydrogens is 316 g/mol. The molecule has 1 saturated heterocycles. The Hall–Kier alpha value is -2.66. The van der Waals surface area contributed by atoms with Gasteiger partial charge in [-0.25, -0.2) is 0 Å². The highest BCUT2D eigenvalue weighted by Crippen LogP contribution is 2.29. The summed E-state index contributed by atoms with van der Waals surface area (Å²) in [6.07, 6.45) is 0.849. The van der Waals surface area contributed by atoms with E-state index in [9.17, 15) is 9.59 Å². The fraction of sp³-hybridized carbons (Fsp3) is 0.300. The molecule has 2 aliphatic rings. The molecule has 0 radical (unpaired) electrons. The van der Waals surface area contributed by atoms with Crippen LogP contribution in [0, 0.1) is 0 Å². The second kappa shape index (κ2) is 6.69. The Bertz CT molecular complexity index is 791. The molecule has 25 heavy (non-hydrogen) atoms. The van der Waals surface area contributed by atoms with Crippen molar-refractivity contribution in [3.05, 3.63) is 65.7 Å². The topological polar surface area (TPSA) is 49.9 Å². The average molecular weight is 336 g/mol. The van der Waals surface area contributed by atoms with Gasteiger partial charge >= 0.3 is 0 Å². The van der Waals surface area contributed by atoms with Gasteiger partial charge in [0, 0.05) is 18.8 Å². The lowest BCUT2D eigenvalue weighted by Gasteiger charge is -2.36. The van der Waals surface area contributed by atoms with Crippen molar-refractivity contribution in [2.24, 2.45) is 0 Å². The third-order valence-corrected chi connectivity index (χ3v) is 4.83. The lowest BCUT2D eigenvalue weighted by molar-refractivity contribution is -0.154. The van der Waals surface area contributed by atoms with Gasteiger partial charge in [-0.3, -0.25) is 9.59 Å². The average Bonchev–Trinajstić information content (AvgIpc) is 3.08. The zero-order chi connectivity index (χ0) is 17.2. The van der Waals surface area contributed by atoms with E-state index in [1.807, 2.05) is 54.6 Å². The number of hydrogen-bond donors (Lipinski definition) is 0. The van der Waals surface area contributed by atoms with Crippen LogP contribution in [0.25, 0.3) is 0 Å². The number of benzene rings is 2. The molecule has 0 aromatic heterocycles. The molecule has 0 aliphatic carbocycles. The number of fused-ring (bicyclic) bond motifs is 1. The first kappa shape index (κ1) is 15.8. The van der Waals surface area contributed by atoms with Crippen molar-refractivity contribution in [2.45, 2.75) is 19.0 Å². The van der Waals surface area contributed by atoms with E-state index >= 15 is 0 Å². The van der Waals surface area contributed by atoms with Crippen LogP contribution < -0.4 is 4.90 Å². The maximum Gasteiger partial charge on any atom is 0.252 e. The van der Waals surface area contributed by atoms with Crippen LogP contribution in [0.4, 0.5) is 5.69 Å². The van der Waals surface area contributed by atoms with Gasteiger partial charge in [-0.1, -0.05) is 48.5 Å². The summed E-state index contributed by atoms with van der Waals surface area (Å²) in [5.41, 5.74) is 3.14. The minimum Gasteiger partial charge on any atom is -0.369 e. The second-order valence-electron chi connectivity index (χ2n) is 6.41. The van der Waals surface area contributed by atoms with Gasteiger partial charge in [-0.15, -0.1) is 0 Å². The van der Waals surface area contributed by atoms with Crippen molar-refractivity contribution in [1.29, 1.82) is 0 Å². The van der Waals surface area contributed by atoms with Crippen molar-refractivity contribution in [3.8, 4) is 0 Å². The quantitative estimate of drug-likeness (QED) is 0.861. The lowest BCUT2D eigenvalue weighted by Crippen LogP contribution is -2.56. The number of hydrogen-bond acceptors (Lipinski definition) is 3. The molecule has 2 aliphatic heterocycles. The summed E-state index contributed by atoms with van der Waals surface area (Å²) in [6, 6.07) is 17.1. The third-order valence-electron chi connectivity index (χ3n) is 4.83. The summed E-state index contributed by atoms with van der Waals surface area (Å²) < 4.78 is 5.39. The smallest absolute Gasteiger partial charge is 0.252 e. The normalized spacial score (nSPS) is 19.8. The molecule has 0 spiro atoms. The maximum atomic E-state index is 13.2. The Kier molecular flexibility index (Phi) is 4.24. The van der Waals surface area contributed by atoms with Crippen LogP contribution in [0.15, 0.2) is 54.6 Å². The number of carbonyl (C=O) groups excluding carboxylic acids is 2. The van der Waals surface area contributed by atoms with Crippen LogP contribution in [-0.2, 0) is 27.3 Å². The van der Waals surface area contributed by atoms with E-state index < -0.39 is 6.04 Å². The summed E-state index contributed by atoms with van der Waals surface area (Å²) in [5, 5.41) is 0. The highest BCUT2D eigenvalue weighted by molar-refractivity contribution is 6.01. The standard InChI is InChI=1S/C20H20N2O3/c23-19-14-25-13-18(22(19)12-15-6-2-1-3-7-15)20(24)21-11-10-16-8-4-5-9-17(16)21/h1-9,18H,10-14H2/t18-/m0/s1. The molecule has 0 bridgehead atoms. The van der Waals surface area contributed by atoms with Crippen LogP contribution >= 0.6 is 0 Å². The van der Waals surface area contributed by atoms with Gasteiger partial charge in [0.15, 0.2) is 0 Å². The number of anilines is 1. The Labute approximate surface area is 146 Å². The van der Waals surface area contributed by atoms with Gasteiger partial charge in [0.05, 0.1) is 6.61 Å². The van der Waals surface area contributed by atoms with Gasteiger partial charge in [0.25, 0.3) is 5.91 Å². The molecule has 2 aromatic rings. The molecule has 1 fully saturated rings. The van der Waals surface area contributed by atoms with Crippen LogP contribution in [0.5, 0.6) is 0 Å². The Balaban J connectivity index is 1.58. The summed E-state index contributed by atoms with van der Waals surface area (Å²) in [4.78, 5) is 29.0. The van der Waals surface area contributed by atoms with Crippen molar-refractivity contribution < 1.29 is 14.3 Å². The zero-order valence-electron chi connectivity index (χ0n) is 13.9. The third kappa shape index (κ3) is 3.03. The first-order chi connectivity index (χ1) is 12.2. The predicted octanol–water partition coefficient (Wildman–Crippen LogP) is 2.00. The molecule has 128 valence electrons. The first-order valence-corrected chi connectivity index (χ1v) is 8.54. The minimum atomic E-state index is -0.576. The lowest BCUT2D eigenvalue weighted by atomic mass is 10.1. The minimum absolute atomic E-state index is 0.0349. The van der Waals surface area contributed by atoms with Gasteiger partial charge in [0.2, 0.25) is 5.91 Å². The number of nitrogens with zero attached hydrogens (tertiary/aromatic N) is 2. The van der Waals surface area contributed by atoms with Gasteiger partial charge in [-0.2, -0.15) is 0 Å². The fourth-order valence-corrected chi connectivity index (χ4v) is 3.53. The van der Waals surface area contributed by atoms with Gasteiger partial charge < -0.3 is 14.5 Å². The van der Waals surface area contributed by atoms with E-state index in [1.165, 1.54) is 5.56 Å². The molecule has 5 nitrogen and oxygen atoms in total. The Morgan fingerprint density at radius 3 is 2.68 bits per heavy atom. The monoisotopic (exact) mass is 336 g/mol. The molecule has 2 amide bonds. The fourth-order valence-electron chi connectivity index (χ4n) is 3.53. The maximum absolute atomic E-state index is 13.2. The molecule has 2 aromatic carbocycles. The van der Waals surface area contributed by atoms with Crippen molar-refractivity contribution in [2.75, 3.05) is 24.7 Å². The summed E-state index contributed by atoms with van der Waals surface area (Å²) in [6.45, 7) is 1.36. The highest BCUT2D eigenvalue weighted by Gasteiger charge is 2.38. The SMILES string of the molecule is O=C([C@@H]1COCC(=O)N1Cc1ccccc1)N1CCc2ccccc21. The Morgan fingerprint density at radius 2 is 1.84 bits per heavy atom. The number of carbonyl (C=O) groups is 2. The number of rotatable bonds is 3. The van der Waals surface area contributed by atoms with E-state index in [0.717, 1.165) is 17.7 Å². The van der Waals surface area contributed by atoms with E-state index in [2.05, 4.69) is 0 Å². The van der Waals surface area contributed by atoms with Crippen LogP contribution in [0.3, 0.4) is 0 Å². The number of morpholine rings is 1. The van der Waals surface area contributed by atoms with Crippen LogP contribution in [-0.4, -0.2) is 42.5 Å². The van der Waals surface area contributed by atoms with E-state index in [4.69, 9.17) is 4.74 Å². The van der Waals surface area contributed by atoms with Crippen LogP contribution in [0.1, 0.15) is 11.1 Å². The summed E-state index contributed by atoms with van der Waals surface area (Å²) >= 11 is 0. The summed E-state index contributed by atoms with van der Waals surface area (Å²) in [7, 11) is 0. The first-order valence-electron chi connectivity index (χ1n) is 8.54. The summed E-state index contributed by atoms with van der Waals surface area (Å²) in [5.74, 6) is -0.199. The van der Waals surface area contributed by atoms with Crippen LogP contribution in [0.2, 0.25) is 0 Å². The highest BCUT2D eigenvalue weighted by atomic mass is 16.5. The van der Waals surface area contributed by atoms with E-state index in [1.54, 1.807) is 9.80 Å². The largest absolute Gasteiger partial charge is 0.369 e. The molecule has 0 unspecified atom stereocenters. The molecule has 0 saturated carbocycles. The predicted molar refractivity (Wildman–Crippen MR) is 94.1 cm³/mol. The molecule has 4 rings (SSSR count). The zero-order valence-corrected chi connectivity index (χ0v) is 13.9.